The minimum absolute atomic E-state index is 0.0550. The van der Waals surface area contributed by atoms with Crippen molar-refractivity contribution in [3.05, 3.63) is 29.8 Å². The SMILES string of the molecule is COc1cccc(C(=O)NC(=N[C@@H](C)C(C)C)OC(C)C)c1. The molecule has 0 heterocycles. The second kappa shape index (κ2) is 8.41. The van der Waals surface area contributed by atoms with E-state index in [1.54, 1.807) is 31.4 Å². The molecule has 0 saturated carbocycles. The third-order valence-electron chi connectivity index (χ3n) is 3.19. The van der Waals surface area contributed by atoms with Crippen molar-refractivity contribution >= 4 is 11.9 Å². The second-order valence-corrected chi connectivity index (χ2v) is 5.77. The van der Waals surface area contributed by atoms with Gasteiger partial charge in [0, 0.05) is 5.56 Å². The zero-order valence-corrected chi connectivity index (χ0v) is 14.2. The molecular formula is C17H26N2O3. The van der Waals surface area contributed by atoms with Gasteiger partial charge in [-0.1, -0.05) is 19.9 Å². The Morgan fingerprint density at radius 1 is 1.18 bits per heavy atom. The summed E-state index contributed by atoms with van der Waals surface area (Å²) in [6.07, 6.45) is -0.0660. The highest BCUT2D eigenvalue weighted by Crippen LogP contribution is 2.12. The number of amidine groups is 1. The van der Waals surface area contributed by atoms with Crippen LogP contribution in [-0.2, 0) is 4.74 Å². The number of hydrogen-bond acceptors (Lipinski definition) is 4. The molecule has 0 aliphatic heterocycles. The molecule has 1 aromatic rings. The van der Waals surface area contributed by atoms with Crippen molar-refractivity contribution in [1.82, 2.24) is 5.32 Å². The maximum atomic E-state index is 12.3. The highest BCUT2D eigenvalue weighted by Gasteiger charge is 2.14. The number of carbonyl (C=O) groups excluding carboxylic acids is 1. The van der Waals surface area contributed by atoms with E-state index in [9.17, 15) is 4.79 Å². The van der Waals surface area contributed by atoms with Gasteiger partial charge in [0.25, 0.3) is 11.9 Å². The second-order valence-electron chi connectivity index (χ2n) is 5.77. The van der Waals surface area contributed by atoms with Gasteiger partial charge in [-0.05, 0) is 44.9 Å². The van der Waals surface area contributed by atoms with Gasteiger partial charge in [0.15, 0.2) is 0 Å². The molecule has 5 nitrogen and oxygen atoms in total. The molecule has 5 heteroatoms. The van der Waals surface area contributed by atoms with Gasteiger partial charge in [-0.2, -0.15) is 0 Å². The van der Waals surface area contributed by atoms with E-state index in [0.717, 1.165) is 0 Å². The van der Waals surface area contributed by atoms with Crippen LogP contribution in [0, 0.1) is 5.92 Å². The van der Waals surface area contributed by atoms with Crippen molar-refractivity contribution in [2.45, 2.75) is 46.8 Å². The van der Waals surface area contributed by atoms with Gasteiger partial charge in [0.1, 0.15) is 5.75 Å². The molecular weight excluding hydrogens is 280 g/mol. The normalized spacial score (nSPS) is 13.2. The minimum Gasteiger partial charge on any atom is -0.497 e. The lowest BCUT2D eigenvalue weighted by Gasteiger charge is -2.17. The van der Waals surface area contributed by atoms with Gasteiger partial charge in [-0.3, -0.25) is 10.1 Å². The Labute approximate surface area is 132 Å². The Kier molecular flexibility index (Phi) is 6.89. The van der Waals surface area contributed by atoms with Crippen LogP contribution in [0.1, 0.15) is 45.0 Å². The van der Waals surface area contributed by atoms with E-state index >= 15 is 0 Å². The molecule has 1 N–H and O–H groups in total. The van der Waals surface area contributed by atoms with Crippen molar-refractivity contribution in [2.75, 3.05) is 7.11 Å². The van der Waals surface area contributed by atoms with Crippen LogP contribution in [-0.4, -0.2) is 31.2 Å². The number of aliphatic imine (C=N–C) groups is 1. The first-order valence-corrected chi connectivity index (χ1v) is 7.53. The van der Waals surface area contributed by atoms with Crippen LogP contribution in [0.15, 0.2) is 29.3 Å². The molecule has 122 valence electrons. The summed E-state index contributed by atoms with van der Waals surface area (Å²) in [5.74, 6) is 0.722. The standard InChI is InChI=1S/C17H26N2O3/c1-11(2)13(5)18-17(22-12(3)4)19-16(20)14-8-7-9-15(10-14)21-6/h7-13H,1-6H3,(H,18,19,20)/t13-/m0/s1. The summed E-state index contributed by atoms with van der Waals surface area (Å²) in [6, 6.07) is 7.26. The van der Waals surface area contributed by atoms with Gasteiger partial charge < -0.3 is 9.47 Å². The Morgan fingerprint density at radius 3 is 2.41 bits per heavy atom. The van der Waals surface area contributed by atoms with Crippen LogP contribution in [0.2, 0.25) is 0 Å². The third kappa shape index (κ3) is 5.76. The number of carbonyl (C=O) groups is 1. The first-order chi connectivity index (χ1) is 10.3. The topological polar surface area (TPSA) is 59.9 Å². The average molecular weight is 306 g/mol. The molecule has 1 atom stereocenters. The maximum absolute atomic E-state index is 12.3. The predicted octanol–water partition coefficient (Wildman–Crippen LogP) is 3.25. The van der Waals surface area contributed by atoms with Crippen molar-refractivity contribution in [1.29, 1.82) is 0 Å². The molecule has 0 aliphatic rings. The summed E-state index contributed by atoms with van der Waals surface area (Å²) in [6.45, 7) is 9.93. The molecule has 1 rings (SSSR count). The fourth-order valence-corrected chi connectivity index (χ4v) is 1.58. The maximum Gasteiger partial charge on any atom is 0.292 e. The summed E-state index contributed by atoms with van der Waals surface area (Å²) in [5, 5.41) is 2.74. The van der Waals surface area contributed by atoms with E-state index in [1.807, 2.05) is 20.8 Å². The molecule has 0 fully saturated rings. The summed E-state index contributed by atoms with van der Waals surface area (Å²) in [7, 11) is 1.57. The number of benzene rings is 1. The van der Waals surface area contributed by atoms with Crippen molar-refractivity contribution in [3.8, 4) is 5.75 Å². The van der Waals surface area contributed by atoms with Gasteiger partial charge in [-0.25, -0.2) is 4.99 Å². The fraction of sp³-hybridized carbons (Fsp3) is 0.529. The first kappa shape index (κ1) is 18.0. The lowest BCUT2D eigenvalue weighted by molar-refractivity contribution is 0.0959. The Morgan fingerprint density at radius 2 is 1.86 bits per heavy atom. The van der Waals surface area contributed by atoms with E-state index in [4.69, 9.17) is 9.47 Å². The number of nitrogens with zero attached hydrogens (tertiary/aromatic N) is 1. The number of rotatable bonds is 5. The number of methoxy groups -OCH3 is 1. The number of hydrogen-bond donors (Lipinski definition) is 1. The molecule has 0 saturated heterocycles. The third-order valence-corrected chi connectivity index (χ3v) is 3.19. The molecule has 0 aliphatic carbocycles. The van der Waals surface area contributed by atoms with Crippen LogP contribution in [0.4, 0.5) is 0 Å². The van der Waals surface area contributed by atoms with Gasteiger partial charge in [0.05, 0.1) is 19.3 Å². The van der Waals surface area contributed by atoms with E-state index in [0.29, 0.717) is 17.2 Å². The van der Waals surface area contributed by atoms with Gasteiger partial charge in [0.2, 0.25) is 0 Å². The molecule has 1 aromatic carbocycles. The van der Waals surface area contributed by atoms with Crippen molar-refractivity contribution in [3.63, 3.8) is 0 Å². The minimum atomic E-state index is -0.269. The van der Waals surface area contributed by atoms with E-state index in [-0.39, 0.29) is 24.1 Å². The lowest BCUT2D eigenvalue weighted by atomic mass is 10.1. The fourth-order valence-electron chi connectivity index (χ4n) is 1.58. The monoisotopic (exact) mass is 306 g/mol. The van der Waals surface area contributed by atoms with E-state index < -0.39 is 0 Å². The Bertz CT molecular complexity index is 524. The molecule has 0 bridgehead atoms. The lowest BCUT2D eigenvalue weighted by Crippen LogP contribution is -2.35. The van der Waals surface area contributed by atoms with Crippen molar-refractivity contribution < 1.29 is 14.3 Å². The first-order valence-electron chi connectivity index (χ1n) is 7.53. The largest absolute Gasteiger partial charge is 0.497 e. The Balaban J connectivity index is 2.90. The summed E-state index contributed by atoms with van der Waals surface area (Å²) in [5.41, 5.74) is 0.497. The van der Waals surface area contributed by atoms with Crippen LogP contribution in [0.5, 0.6) is 5.75 Å². The van der Waals surface area contributed by atoms with Gasteiger partial charge in [-0.15, -0.1) is 0 Å². The molecule has 0 aromatic heterocycles. The predicted molar refractivity (Wildman–Crippen MR) is 88.4 cm³/mol. The summed E-state index contributed by atoms with van der Waals surface area (Å²) in [4.78, 5) is 16.8. The van der Waals surface area contributed by atoms with Gasteiger partial charge >= 0.3 is 0 Å². The highest BCUT2D eigenvalue weighted by atomic mass is 16.5. The summed E-state index contributed by atoms with van der Waals surface area (Å²) < 4.78 is 10.7. The van der Waals surface area contributed by atoms with E-state index in [2.05, 4.69) is 24.2 Å². The quantitative estimate of drug-likeness (QED) is 0.671. The number of amides is 1. The molecule has 1 amide bonds. The van der Waals surface area contributed by atoms with E-state index in [1.165, 1.54) is 0 Å². The highest BCUT2D eigenvalue weighted by molar-refractivity contribution is 6.04. The van der Waals surface area contributed by atoms with Crippen LogP contribution >= 0.6 is 0 Å². The molecule has 0 radical (unpaired) electrons. The zero-order chi connectivity index (χ0) is 16.7. The Hall–Kier alpha value is -2.04. The number of nitrogens with one attached hydrogen (secondary N) is 1. The smallest absolute Gasteiger partial charge is 0.292 e. The molecule has 0 unspecified atom stereocenters. The van der Waals surface area contributed by atoms with Crippen LogP contribution in [0.25, 0.3) is 0 Å². The van der Waals surface area contributed by atoms with Crippen LogP contribution in [0.3, 0.4) is 0 Å². The zero-order valence-electron chi connectivity index (χ0n) is 14.2. The van der Waals surface area contributed by atoms with Crippen LogP contribution < -0.4 is 10.1 Å². The average Bonchev–Trinajstić information content (AvgIpc) is 2.46. The van der Waals surface area contributed by atoms with Crippen molar-refractivity contribution in [2.24, 2.45) is 10.9 Å². The molecule has 22 heavy (non-hydrogen) atoms. The molecule has 0 spiro atoms. The summed E-state index contributed by atoms with van der Waals surface area (Å²) >= 11 is 0. The number of ether oxygens (including phenoxy) is 2.